The van der Waals surface area contributed by atoms with Gasteiger partial charge in [-0.2, -0.15) is 0 Å². The summed E-state index contributed by atoms with van der Waals surface area (Å²) in [5.41, 5.74) is 1.37. The van der Waals surface area contributed by atoms with Crippen LogP contribution in [-0.4, -0.2) is 23.7 Å². The van der Waals surface area contributed by atoms with Crippen molar-refractivity contribution in [2.75, 3.05) is 11.9 Å². The number of carbonyl (C=O) groups excluding carboxylic acids is 1. The highest BCUT2D eigenvalue weighted by molar-refractivity contribution is 5.88. The summed E-state index contributed by atoms with van der Waals surface area (Å²) in [5.74, 6) is 0. The number of ether oxygens (including phenoxy) is 1. The van der Waals surface area contributed by atoms with E-state index in [1.807, 2.05) is 0 Å². The molecule has 0 bridgehead atoms. The first-order valence-electron chi connectivity index (χ1n) is 7.49. The molecule has 0 unspecified atom stereocenters. The minimum atomic E-state index is -0.573. The second-order valence-corrected chi connectivity index (χ2v) is 6.36. The van der Waals surface area contributed by atoms with Crippen LogP contribution in [-0.2, 0) is 4.74 Å². The number of hydrogen-bond acceptors (Lipinski definition) is 4. The lowest BCUT2D eigenvalue weighted by molar-refractivity contribution is -0.384. The molecule has 0 saturated heterocycles. The van der Waals surface area contributed by atoms with Gasteiger partial charge in [-0.05, 0) is 44.5 Å². The molecule has 0 fully saturated rings. The van der Waals surface area contributed by atoms with Crippen LogP contribution in [0, 0.1) is 10.1 Å². The highest BCUT2D eigenvalue weighted by Crippen LogP contribution is 2.30. The van der Waals surface area contributed by atoms with Crippen molar-refractivity contribution in [2.45, 2.75) is 26.4 Å². The first-order chi connectivity index (χ1) is 11.2. The number of carbonyl (C=O) groups is 1. The molecule has 2 aromatic carbocycles. The van der Waals surface area contributed by atoms with E-state index >= 15 is 0 Å². The van der Waals surface area contributed by atoms with E-state index in [4.69, 9.17) is 4.74 Å². The van der Waals surface area contributed by atoms with Gasteiger partial charge in [-0.3, -0.25) is 15.0 Å². The number of para-hydroxylation sites is 1. The third-order valence-electron chi connectivity index (χ3n) is 3.33. The molecule has 2 rings (SSSR count). The predicted octanol–water partition coefficient (Wildman–Crippen LogP) is 4.63. The zero-order valence-electron chi connectivity index (χ0n) is 14.1. The summed E-state index contributed by atoms with van der Waals surface area (Å²) >= 11 is 0. The van der Waals surface area contributed by atoms with E-state index in [-0.39, 0.29) is 5.69 Å². The average Bonchev–Trinajstić information content (AvgIpc) is 2.52. The van der Waals surface area contributed by atoms with E-state index in [1.54, 1.807) is 70.3 Å². The molecule has 1 amide bonds. The maximum atomic E-state index is 12.1. The van der Waals surface area contributed by atoms with Crippen LogP contribution in [0.1, 0.15) is 20.8 Å². The number of nitro benzene ring substituents is 1. The van der Waals surface area contributed by atoms with Crippen LogP contribution in [0.25, 0.3) is 11.1 Å². The van der Waals surface area contributed by atoms with Gasteiger partial charge in [0.25, 0.3) is 5.69 Å². The minimum Gasteiger partial charge on any atom is -0.443 e. The molecular weight excluding hydrogens is 308 g/mol. The normalized spacial score (nSPS) is 11.0. The van der Waals surface area contributed by atoms with Gasteiger partial charge >= 0.3 is 6.09 Å². The smallest absolute Gasteiger partial charge is 0.414 e. The molecule has 24 heavy (non-hydrogen) atoms. The van der Waals surface area contributed by atoms with E-state index in [0.29, 0.717) is 16.8 Å². The molecule has 0 aliphatic rings. The molecule has 0 aromatic heterocycles. The van der Waals surface area contributed by atoms with Crippen LogP contribution in [0.15, 0.2) is 48.5 Å². The van der Waals surface area contributed by atoms with Crippen molar-refractivity contribution in [3.05, 3.63) is 58.6 Å². The van der Waals surface area contributed by atoms with Crippen molar-refractivity contribution in [3.8, 4) is 11.1 Å². The lowest BCUT2D eigenvalue weighted by Crippen LogP contribution is -2.34. The fourth-order valence-corrected chi connectivity index (χ4v) is 2.18. The third-order valence-corrected chi connectivity index (χ3v) is 3.33. The second-order valence-electron chi connectivity index (χ2n) is 6.36. The van der Waals surface area contributed by atoms with E-state index in [0.717, 1.165) is 0 Å². The Hall–Kier alpha value is -2.89. The molecule has 0 radical (unpaired) electrons. The Morgan fingerprint density at radius 3 is 2.21 bits per heavy atom. The van der Waals surface area contributed by atoms with Crippen LogP contribution < -0.4 is 4.90 Å². The number of nitrogens with zero attached hydrogens (tertiary/aromatic N) is 2. The van der Waals surface area contributed by atoms with Crippen molar-refractivity contribution in [1.82, 2.24) is 0 Å². The largest absolute Gasteiger partial charge is 0.443 e. The van der Waals surface area contributed by atoms with Crippen molar-refractivity contribution in [3.63, 3.8) is 0 Å². The number of hydrogen-bond donors (Lipinski definition) is 0. The average molecular weight is 328 g/mol. The summed E-state index contributed by atoms with van der Waals surface area (Å²) in [6.07, 6.45) is -0.457. The summed E-state index contributed by atoms with van der Waals surface area (Å²) < 4.78 is 5.32. The molecule has 0 atom stereocenters. The molecule has 0 heterocycles. The maximum Gasteiger partial charge on any atom is 0.414 e. The van der Waals surface area contributed by atoms with Gasteiger partial charge in [0.2, 0.25) is 0 Å². The summed E-state index contributed by atoms with van der Waals surface area (Å²) in [7, 11) is 1.62. The zero-order valence-corrected chi connectivity index (χ0v) is 14.1. The summed E-state index contributed by atoms with van der Waals surface area (Å²) in [6.45, 7) is 5.41. The SMILES string of the molecule is CN(C(=O)OC(C)(C)C)c1ccc(-c2ccccc2[N+](=O)[O-])cc1. The van der Waals surface area contributed by atoms with E-state index in [1.165, 1.54) is 11.0 Å². The van der Waals surface area contributed by atoms with Crippen molar-refractivity contribution >= 4 is 17.5 Å². The molecule has 6 nitrogen and oxygen atoms in total. The third kappa shape index (κ3) is 4.10. The van der Waals surface area contributed by atoms with Gasteiger partial charge in [-0.15, -0.1) is 0 Å². The topological polar surface area (TPSA) is 72.7 Å². The summed E-state index contributed by atoms with van der Waals surface area (Å²) in [6, 6.07) is 13.5. The standard InChI is InChI=1S/C18H20N2O4/c1-18(2,3)24-17(21)19(4)14-11-9-13(10-12-14)15-7-5-6-8-16(15)20(22)23/h5-12H,1-4H3. The van der Waals surface area contributed by atoms with Crippen molar-refractivity contribution in [1.29, 1.82) is 0 Å². The molecule has 0 aliphatic carbocycles. The van der Waals surface area contributed by atoms with Gasteiger partial charge in [0.15, 0.2) is 0 Å². The molecular formula is C18H20N2O4. The Balaban J connectivity index is 2.26. The maximum absolute atomic E-state index is 12.1. The minimum absolute atomic E-state index is 0.0470. The first kappa shape index (κ1) is 17.5. The van der Waals surface area contributed by atoms with Crippen LogP contribution in [0.5, 0.6) is 0 Å². The Morgan fingerprint density at radius 1 is 1.08 bits per heavy atom. The van der Waals surface area contributed by atoms with Crippen molar-refractivity contribution in [2.24, 2.45) is 0 Å². The quantitative estimate of drug-likeness (QED) is 0.608. The van der Waals surface area contributed by atoms with Crippen molar-refractivity contribution < 1.29 is 14.5 Å². The fourth-order valence-electron chi connectivity index (χ4n) is 2.18. The Kier molecular flexibility index (Phi) is 4.87. The van der Waals surface area contributed by atoms with E-state index in [2.05, 4.69) is 0 Å². The van der Waals surface area contributed by atoms with E-state index < -0.39 is 16.6 Å². The predicted molar refractivity (Wildman–Crippen MR) is 93.2 cm³/mol. The number of benzene rings is 2. The van der Waals surface area contributed by atoms with Crippen LogP contribution in [0.2, 0.25) is 0 Å². The molecule has 0 N–H and O–H groups in total. The fraction of sp³-hybridized carbons (Fsp3) is 0.278. The molecule has 0 saturated carbocycles. The van der Waals surface area contributed by atoms with Gasteiger partial charge in [0.1, 0.15) is 5.60 Å². The van der Waals surface area contributed by atoms with Gasteiger partial charge in [-0.25, -0.2) is 4.79 Å². The summed E-state index contributed by atoms with van der Waals surface area (Å²) in [5, 5.41) is 11.1. The Morgan fingerprint density at radius 2 is 1.67 bits per heavy atom. The lowest BCUT2D eigenvalue weighted by atomic mass is 10.0. The molecule has 0 aliphatic heterocycles. The number of amides is 1. The van der Waals surface area contributed by atoms with Gasteiger partial charge in [0, 0.05) is 18.8 Å². The second kappa shape index (κ2) is 6.70. The van der Waals surface area contributed by atoms with Crippen LogP contribution >= 0.6 is 0 Å². The zero-order chi connectivity index (χ0) is 17.9. The highest BCUT2D eigenvalue weighted by Gasteiger charge is 2.21. The van der Waals surface area contributed by atoms with Gasteiger partial charge in [0.05, 0.1) is 10.5 Å². The lowest BCUT2D eigenvalue weighted by Gasteiger charge is -2.24. The highest BCUT2D eigenvalue weighted by atomic mass is 16.6. The molecule has 6 heteroatoms. The molecule has 126 valence electrons. The molecule has 2 aromatic rings. The van der Waals surface area contributed by atoms with E-state index in [9.17, 15) is 14.9 Å². The molecule has 0 spiro atoms. The monoisotopic (exact) mass is 328 g/mol. The number of rotatable bonds is 3. The Labute approximate surface area is 140 Å². The first-order valence-corrected chi connectivity index (χ1v) is 7.49. The Bertz CT molecular complexity index is 748. The van der Waals surface area contributed by atoms with Gasteiger partial charge in [-0.1, -0.05) is 24.3 Å². The van der Waals surface area contributed by atoms with Gasteiger partial charge < -0.3 is 4.74 Å². The van der Waals surface area contributed by atoms with Crippen LogP contribution in [0.4, 0.5) is 16.2 Å². The summed E-state index contributed by atoms with van der Waals surface area (Å²) in [4.78, 5) is 24.2. The van der Waals surface area contributed by atoms with Crippen LogP contribution in [0.3, 0.4) is 0 Å². The number of nitro groups is 1. The number of anilines is 1.